The van der Waals surface area contributed by atoms with Gasteiger partial charge >= 0.3 is 5.97 Å². The minimum absolute atomic E-state index is 0.425. The van der Waals surface area contributed by atoms with E-state index in [1.165, 1.54) is 11.8 Å². The minimum atomic E-state index is -0.817. The molecule has 0 aliphatic carbocycles. The van der Waals surface area contributed by atoms with E-state index in [1.807, 2.05) is 22.4 Å². The molecule has 2 aromatic heterocycles. The van der Waals surface area contributed by atoms with Crippen LogP contribution in [-0.4, -0.2) is 38.5 Å². The van der Waals surface area contributed by atoms with Crippen LogP contribution in [0.25, 0.3) is 11.3 Å². The third-order valence-corrected chi connectivity index (χ3v) is 6.35. The Bertz CT molecular complexity index is 773. The van der Waals surface area contributed by atoms with Crippen LogP contribution in [0.3, 0.4) is 0 Å². The summed E-state index contributed by atoms with van der Waals surface area (Å²) in [4.78, 5) is 23.3. The molecule has 7 heteroatoms. The Morgan fingerprint density at radius 3 is 2.87 bits per heavy atom. The number of aromatic nitrogens is 2. The molecule has 1 N–H and O–H groups in total. The Hall–Kier alpha value is -1.86. The van der Waals surface area contributed by atoms with E-state index in [1.54, 1.807) is 23.7 Å². The monoisotopic (exact) mass is 345 g/mol. The maximum atomic E-state index is 11.6. The molecule has 0 amide bonds. The maximum Gasteiger partial charge on any atom is 0.353 e. The second-order valence-corrected chi connectivity index (χ2v) is 7.79. The van der Waals surface area contributed by atoms with Crippen molar-refractivity contribution >= 4 is 29.1 Å². The molecule has 0 bridgehead atoms. The van der Waals surface area contributed by atoms with Crippen molar-refractivity contribution in [3.8, 4) is 11.3 Å². The zero-order chi connectivity index (χ0) is 15.8. The Morgan fingerprint density at radius 2 is 2.17 bits per heavy atom. The van der Waals surface area contributed by atoms with E-state index in [0.29, 0.717) is 11.7 Å². The van der Waals surface area contributed by atoms with Gasteiger partial charge < -0.3 is 10.0 Å². The fourth-order valence-electron chi connectivity index (χ4n) is 3.02. The quantitative estimate of drug-likeness (QED) is 0.915. The van der Waals surface area contributed by atoms with E-state index in [9.17, 15) is 9.90 Å². The van der Waals surface area contributed by atoms with Crippen molar-refractivity contribution in [2.45, 2.75) is 29.6 Å². The molecule has 4 rings (SSSR count). The average molecular weight is 345 g/mol. The summed E-state index contributed by atoms with van der Waals surface area (Å²) < 4.78 is 0.893. The number of allylic oxidation sites excluding steroid dienone is 1. The first kappa shape index (κ1) is 14.7. The van der Waals surface area contributed by atoms with Crippen LogP contribution in [0.5, 0.6) is 0 Å². The van der Waals surface area contributed by atoms with Crippen LogP contribution in [0.4, 0.5) is 0 Å². The van der Waals surface area contributed by atoms with Crippen molar-refractivity contribution in [2.24, 2.45) is 0 Å². The molecule has 1 unspecified atom stereocenters. The topological polar surface area (TPSA) is 66.3 Å². The molecule has 0 spiro atoms. The van der Waals surface area contributed by atoms with Crippen molar-refractivity contribution in [2.75, 3.05) is 6.54 Å². The first-order valence-corrected chi connectivity index (χ1v) is 9.19. The number of hydrogen-bond donors (Lipinski definition) is 1. The third-order valence-electron chi connectivity index (χ3n) is 4.27. The largest absolute Gasteiger partial charge is 0.477 e. The van der Waals surface area contributed by atoms with Crippen molar-refractivity contribution < 1.29 is 9.90 Å². The summed E-state index contributed by atoms with van der Waals surface area (Å²) in [6.45, 7) is 0.858. The minimum Gasteiger partial charge on any atom is -0.477 e. The van der Waals surface area contributed by atoms with Gasteiger partial charge in [-0.25, -0.2) is 9.78 Å². The van der Waals surface area contributed by atoms with E-state index in [4.69, 9.17) is 0 Å². The smallest absolute Gasteiger partial charge is 0.353 e. The van der Waals surface area contributed by atoms with Crippen LogP contribution in [0.2, 0.25) is 0 Å². The number of pyridine rings is 1. The summed E-state index contributed by atoms with van der Waals surface area (Å²) in [5, 5.41) is 11.6. The summed E-state index contributed by atoms with van der Waals surface area (Å²) in [6.07, 6.45) is 6.48. The molecule has 1 atom stereocenters. The Morgan fingerprint density at radius 1 is 1.35 bits per heavy atom. The van der Waals surface area contributed by atoms with Gasteiger partial charge in [0.1, 0.15) is 5.70 Å². The van der Waals surface area contributed by atoms with Gasteiger partial charge in [-0.15, -0.1) is 11.3 Å². The molecule has 118 valence electrons. The number of nitrogens with zero attached hydrogens (tertiary/aromatic N) is 3. The number of hydrogen-bond acceptors (Lipinski definition) is 6. The van der Waals surface area contributed by atoms with Gasteiger partial charge in [0, 0.05) is 40.8 Å². The fourth-order valence-corrected chi connectivity index (χ4v) is 5.08. The van der Waals surface area contributed by atoms with Crippen LogP contribution in [0.15, 0.2) is 44.8 Å². The van der Waals surface area contributed by atoms with Crippen molar-refractivity contribution in [3.05, 3.63) is 40.5 Å². The van der Waals surface area contributed by atoms with E-state index < -0.39 is 5.97 Å². The number of fused-ring (bicyclic) bond motifs is 1. The molecule has 2 aliphatic heterocycles. The van der Waals surface area contributed by atoms with Gasteiger partial charge in [-0.2, -0.15) is 0 Å². The van der Waals surface area contributed by atoms with Crippen LogP contribution >= 0.6 is 23.1 Å². The first-order valence-electron chi connectivity index (χ1n) is 7.49. The highest BCUT2D eigenvalue weighted by molar-refractivity contribution is 8.04. The highest BCUT2D eigenvalue weighted by Crippen LogP contribution is 2.43. The number of carboxylic acid groups (broad SMARTS) is 1. The molecule has 2 aliphatic rings. The predicted molar refractivity (Wildman–Crippen MR) is 90.2 cm³/mol. The van der Waals surface area contributed by atoms with Gasteiger partial charge in [0.25, 0.3) is 0 Å². The number of aliphatic carboxylic acids is 1. The third kappa shape index (κ3) is 2.74. The van der Waals surface area contributed by atoms with Crippen LogP contribution < -0.4 is 0 Å². The average Bonchev–Trinajstić information content (AvgIpc) is 2.99. The lowest BCUT2D eigenvalue weighted by atomic mass is 9.92. The molecule has 1 saturated heterocycles. The summed E-state index contributed by atoms with van der Waals surface area (Å²) in [5.74, 6) is -0.817. The fraction of sp³-hybridized carbons (Fsp3) is 0.312. The van der Waals surface area contributed by atoms with Crippen molar-refractivity contribution in [1.29, 1.82) is 0 Å². The molecule has 23 heavy (non-hydrogen) atoms. The van der Waals surface area contributed by atoms with Crippen molar-refractivity contribution in [1.82, 2.24) is 14.9 Å². The first-order chi connectivity index (χ1) is 11.2. The summed E-state index contributed by atoms with van der Waals surface area (Å²) in [7, 11) is 0. The molecular weight excluding hydrogens is 330 g/mol. The lowest BCUT2D eigenvalue weighted by molar-refractivity contribution is -0.136. The number of rotatable bonds is 4. The van der Waals surface area contributed by atoms with E-state index in [2.05, 4.69) is 9.97 Å². The molecule has 0 radical (unpaired) electrons. The molecular formula is C16H15N3O2S2. The Labute approximate surface area is 142 Å². The summed E-state index contributed by atoms with van der Waals surface area (Å²) in [6, 6.07) is 4.28. The standard InChI is InChI=1S/C16H15N3O2S2/c20-15(21)14-13(2-1-11-5-8-19(11)14)23-16-18-12(9-22-16)10-3-6-17-7-4-10/h3-4,6-7,9,11H,1-2,5,8H2,(H,20,21). The Kier molecular flexibility index (Phi) is 3.82. The predicted octanol–water partition coefficient (Wildman–Crippen LogP) is 3.46. The van der Waals surface area contributed by atoms with Gasteiger partial charge in [0.15, 0.2) is 4.34 Å². The number of thiazole rings is 1. The zero-order valence-corrected chi connectivity index (χ0v) is 13.9. The number of thioether (sulfide) groups is 1. The number of carboxylic acids is 1. The molecule has 4 heterocycles. The van der Waals surface area contributed by atoms with Crippen LogP contribution in [0.1, 0.15) is 19.3 Å². The van der Waals surface area contributed by atoms with Gasteiger partial charge in [-0.05, 0) is 31.4 Å². The Balaban J connectivity index is 1.60. The lowest BCUT2D eigenvalue weighted by Gasteiger charge is -2.46. The van der Waals surface area contributed by atoms with Gasteiger partial charge in [0.2, 0.25) is 0 Å². The van der Waals surface area contributed by atoms with E-state index in [0.717, 1.165) is 46.3 Å². The maximum absolute atomic E-state index is 11.6. The lowest BCUT2D eigenvalue weighted by Crippen LogP contribution is -2.50. The van der Waals surface area contributed by atoms with Gasteiger partial charge in [0.05, 0.1) is 5.69 Å². The summed E-state index contributed by atoms with van der Waals surface area (Å²) >= 11 is 3.06. The van der Waals surface area contributed by atoms with Gasteiger partial charge in [-0.1, -0.05) is 11.8 Å². The SMILES string of the molecule is O=C(O)C1=C(Sc2nc(-c3ccncc3)cs2)CCC2CCN12. The molecule has 1 fully saturated rings. The molecule has 0 aromatic carbocycles. The van der Waals surface area contributed by atoms with E-state index >= 15 is 0 Å². The van der Waals surface area contributed by atoms with E-state index in [-0.39, 0.29) is 0 Å². The van der Waals surface area contributed by atoms with Gasteiger partial charge in [-0.3, -0.25) is 4.98 Å². The number of carbonyl (C=O) groups is 1. The molecule has 5 nitrogen and oxygen atoms in total. The second kappa shape index (κ2) is 5.98. The second-order valence-electron chi connectivity index (χ2n) is 5.59. The highest BCUT2D eigenvalue weighted by atomic mass is 32.2. The highest BCUT2D eigenvalue weighted by Gasteiger charge is 2.38. The van der Waals surface area contributed by atoms with Crippen molar-refractivity contribution in [3.63, 3.8) is 0 Å². The molecule has 2 aromatic rings. The molecule has 0 saturated carbocycles. The normalized spacial score (nSPS) is 20.2. The zero-order valence-electron chi connectivity index (χ0n) is 12.3. The summed E-state index contributed by atoms with van der Waals surface area (Å²) in [5.41, 5.74) is 2.43. The van der Waals surface area contributed by atoms with Crippen LogP contribution in [-0.2, 0) is 4.79 Å². The van der Waals surface area contributed by atoms with Crippen LogP contribution in [0, 0.1) is 0 Å².